The summed E-state index contributed by atoms with van der Waals surface area (Å²) in [6, 6.07) is 17.7. The van der Waals surface area contributed by atoms with Gasteiger partial charge in [-0.3, -0.25) is 9.78 Å². The Kier molecular flexibility index (Phi) is 6.78. The van der Waals surface area contributed by atoms with E-state index in [1.54, 1.807) is 0 Å². The van der Waals surface area contributed by atoms with Crippen molar-refractivity contribution in [1.29, 1.82) is 0 Å². The van der Waals surface area contributed by atoms with Crippen LogP contribution in [0, 0.1) is 0 Å². The number of anilines is 2. The van der Waals surface area contributed by atoms with E-state index in [-0.39, 0.29) is 24.8 Å². The average Bonchev–Trinajstić information content (AvgIpc) is 3.17. The van der Waals surface area contributed by atoms with Gasteiger partial charge in [-0.2, -0.15) is 0 Å². The van der Waals surface area contributed by atoms with Crippen LogP contribution in [0.3, 0.4) is 0 Å². The van der Waals surface area contributed by atoms with Crippen molar-refractivity contribution in [3.8, 4) is 11.3 Å². The molecule has 0 atom stereocenters. The minimum Gasteiger partial charge on any atom is -0.469 e. The van der Waals surface area contributed by atoms with Gasteiger partial charge in [-0.15, -0.1) is 12.4 Å². The molecule has 0 aliphatic heterocycles. The van der Waals surface area contributed by atoms with Crippen molar-refractivity contribution in [2.75, 3.05) is 12.4 Å². The quantitative estimate of drug-likeness (QED) is 0.523. The van der Waals surface area contributed by atoms with Gasteiger partial charge in [0.1, 0.15) is 0 Å². The van der Waals surface area contributed by atoms with Crippen LogP contribution in [0.2, 0.25) is 5.02 Å². The molecule has 1 aromatic heterocycles. The normalized spacial score (nSPS) is 12.1. The summed E-state index contributed by atoms with van der Waals surface area (Å²) in [5.41, 5.74) is 7.25. The lowest BCUT2D eigenvalue weighted by Gasteiger charge is -2.14. The molecule has 29 heavy (non-hydrogen) atoms. The number of aryl methyl sites for hydroxylation is 1. The van der Waals surface area contributed by atoms with Crippen molar-refractivity contribution in [2.24, 2.45) is 0 Å². The Bertz CT molecular complexity index is 1040. The summed E-state index contributed by atoms with van der Waals surface area (Å²) in [4.78, 5) is 16.4. The summed E-state index contributed by atoms with van der Waals surface area (Å²) in [6.07, 6.45) is 3.37. The predicted octanol–water partition coefficient (Wildman–Crippen LogP) is 5.77. The Morgan fingerprint density at radius 2 is 1.97 bits per heavy atom. The van der Waals surface area contributed by atoms with Gasteiger partial charge >= 0.3 is 5.97 Å². The van der Waals surface area contributed by atoms with Crippen LogP contribution >= 0.6 is 24.0 Å². The van der Waals surface area contributed by atoms with E-state index in [0.717, 1.165) is 53.2 Å². The molecule has 1 N–H and O–H groups in total. The molecule has 1 aliphatic rings. The molecule has 0 saturated heterocycles. The Labute approximate surface area is 181 Å². The molecule has 0 unspecified atom stereocenters. The third-order valence-corrected chi connectivity index (χ3v) is 5.19. The molecule has 0 fully saturated rings. The molecular weight excluding hydrogens is 407 g/mol. The number of esters is 1. The number of nitrogens with zero attached hydrogens (tertiary/aromatic N) is 1. The van der Waals surface area contributed by atoms with E-state index in [1.807, 2.05) is 48.5 Å². The number of fused-ring (bicyclic) bond motifs is 1. The van der Waals surface area contributed by atoms with Crippen LogP contribution in [0.15, 0.2) is 54.6 Å². The van der Waals surface area contributed by atoms with Crippen LogP contribution in [0.25, 0.3) is 11.3 Å². The van der Waals surface area contributed by atoms with Gasteiger partial charge in [-0.1, -0.05) is 35.9 Å². The van der Waals surface area contributed by atoms with Crippen molar-refractivity contribution in [1.82, 2.24) is 4.98 Å². The fourth-order valence-electron chi connectivity index (χ4n) is 3.60. The lowest BCUT2D eigenvalue weighted by molar-refractivity contribution is -0.139. The zero-order valence-electron chi connectivity index (χ0n) is 16.1. The van der Waals surface area contributed by atoms with E-state index in [1.165, 1.54) is 12.7 Å². The lowest BCUT2D eigenvalue weighted by atomic mass is 10.1. The van der Waals surface area contributed by atoms with Crippen LogP contribution < -0.4 is 5.32 Å². The Morgan fingerprint density at radius 1 is 1.14 bits per heavy atom. The maximum absolute atomic E-state index is 11.6. The highest BCUT2D eigenvalue weighted by Crippen LogP contribution is 2.34. The number of pyridine rings is 1. The third kappa shape index (κ3) is 4.89. The highest BCUT2D eigenvalue weighted by atomic mass is 35.5. The second-order valence-corrected chi connectivity index (χ2v) is 7.36. The number of aromatic nitrogens is 1. The number of halogens is 2. The first-order valence-electron chi connectivity index (χ1n) is 9.34. The summed E-state index contributed by atoms with van der Waals surface area (Å²) in [7, 11) is 1.40. The van der Waals surface area contributed by atoms with Crippen LogP contribution in [0.5, 0.6) is 0 Å². The fraction of sp³-hybridized carbons (Fsp3) is 0.217. The van der Waals surface area contributed by atoms with Gasteiger partial charge in [0.25, 0.3) is 0 Å². The fourth-order valence-corrected chi connectivity index (χ4v) is 3.79. The van der Waals surface area contributed by atoms with E-state index in [0.29, 0.717) is 5.02 Å². The number of methoxy groups -OCH3 is 1. The Morgan fingerprint density at radius 3 is 2.76 bits per heavy atom. The van der Waals surface area contributed by atoms with Crippen molar-refractivity contribution in [3.05, 3.63) is 76.4 Å². The van der Waals surface area contributed by atoms with Gasteiger partial charge in [0.2, 0.25) is 0 Å². The standard InChI is InChI=1S/C23H21ClN2O2.ClH/c1-28-23(27)12-15-5-2-8-18(11-15)25-22-14-21(16-6-3-7-17(24)13-16)26-20-10-4-9-19(20)22;/h2-3,5-8,11,13-14H,4,9-10,12H2,1H3,(H,25,26);1H. The zero-order valence-corrected chi connectivity index (χ0v) is 17.6. The Hall–Kier alpha value is -2.56. The maximum Gasteiger partial charge on any atom is 0.309 e. The Balaban J connectivity index is 0.00000240. The molecule has 1 aliphatic carbocycles. The smallest absolute Gasteiger partial charge is 0.309 e. The van der Waals surface area contributed by atoms with Gasteiger partial charge in [0.15, 0.2) is 0 Å². The molecule has 0 spiro atoms. The van der Waals surface area contributed by atoms with Crippen LogP contribution in [0.4, 0.5) is 11.4 Å². The highest BCUT2D eigenvalue weighted by Gasteiger charge is 2.19. The second kappa shape index (κ2) is 9.29. The monoisotopic (exact) mass is 428 g/mol. The van der Waals surface area contributed by atoms with Crippen molar-refractivity contribution in [2.45, 2.75) is 25.7 Å². The molecule has 1 heterocycles. The van der Waals surface area contributed by atoms with Crippen LogP contribution in [0.1, 0.15) is 23.2 Å². The number of carbonyl (C=O) groups excluding carboxylic acids is 1. The first-order chi connectivity index (χ1) is 13.6. The van der Waals surface area contributed by atoms with E-state index < -0.39 is 0 Å². The molecule has 4 nitrogen and oxygen atoms in total. The molecule has 2 aromatic carbocycles. The number of ether oxygens (including phenoxy) is 1. The van der Waals surface area contributed by atoms with Gasteiger partial charge < -0.3 is 10.1 Å². The largest absolute Gasteiger partial charge is 0.469 e. The molecule has 0 saturated carbocycles. The highest BCUT2D eigenvalue weighted by molar-refractivity contribution is 6.30. The minimum atomic E-state index is -0.245. The second-order valence-electron chi connectivity index (χ2n) is 6.92. The number of nitrogens with one attached hydrogen (secondary N) is 1. The van der Waals surface area contributed by atoms with E-state index >= 15 is 0 Å². The number of hydrogen-bond donors (Lipinski definition) is 1. The maximum atomic E-state index is 11.6. The lowest BCUT2D eigenvalue weighted by Crippen LogP contribution is -2.05. The van der Waals surface area contributed by atoms with Crippen molar-refractivity contribution >= 4 is 41.4 Å². The van der Waals surface area contributed by atoms with Crippen LogP contribution in [-0.4, -0.2) is 18.1 Å². The van der Waals surface area contributed by atoms with E-state index in [2.05, 4.69) is 11.4 Å². The van der Waals surface area contributed by atoms with Crippen molar-refractivity contribution in [3.63, 3.8) is 0 Å². The predicted molar refractivity (Wildman–Crippen MR) is 119 cm³/mol. The number of benzene rings is 2. The van der Waals surface area contributed by atoms with Crippen LogP contribution in [-0.2, 0) is 28.8 Å². The summed E-state index contributed by atoms with van der Waals surface area (Å²) in [6.45, 7) is 0. The summed E-state index contributed by atoms with van der Waals surface area (Å²) in [5, 5.41) is 4.23. The molecular formula is C23H22Cl2N2O2. The molecule has 0 amide bonds. The van der Waals surface area contributed by atoms with E-state index in [4.69, 9.17) is 21.3 Å². The number of rotatable bonds is 5. The number of carbonyl (C=O) groups is 1. The van der Waals surface area contributed by atoms with Crippen molar-refractivity contribution < 1.29 is 9.53 Å². The summed E-state index contributed by atoms with van der Waals surface area (Å²) in [5.74, 6) is -0.245. The van der Waals surface area contributed by atoms with Gasteiger partial charge in [0.05, 0.1) is 19.2 Å². The molecule has 3 aromatic rings. The molecule has 150 valence electrons. The van der Waals surface area contributed by atoms with Gasteiger partial charge in [0, 0.05) is 27.7 Å². The third-order valence-electron chi connectivity index (χ3n) is 4.95. The first-order valence-corrected chi connectivity index (χ1v) is 9.71. The summed E-state index contributed by atoms with van der Waals surface area (Å²) >= 11 is 6.17. The summed E-state index contributed by atoms with van der Waals surface area (Å²) < 4.78 is 4.77. The molecule has 0 radical (unpaired) electrons. The first kappa shape index (κ1) is 21.2. The van der Waals surface area contributed by atoms with Gasteiger partial charge in [-0.05, 0) is 60.7 Å². The minimum absolute atomic E-state index is 0. The molecule has 4 rings (SSSR count). The van der Waals surface area contributed by atoms with E-state index in [9.17, 15) is 4.79 Å². The average molecular weight is 429 g/mol. The topological polar surface area (TPSA) is 51.2 Å². The molecule has 0 bridgehead atoms. The number of hydrogen-bond acceptors (Lipinski definition) is 4. The SMILES string of the molecule is COC(=O)Cc1cccc(Nc2cc(-c3cccc(Cl)c3)nc3c2CCC3)c1.Cl. The zero-order chi connectivity index (χ0) is 19.5. The molecule has 6 heteroatoms. The van der Waals surface area contributed by atoms with Gasteiger partial charge in [-0.25, -0.2) is 0 Å².